The molecule has 0 aromatic rings. The van der Waals surface area contributed by atoms with E-state index in [9.17, 15) is 4.79 Å². The maximum absolute atomic E-state index is 10.2. The highest BCUT2D eigenvalue weighted by atomic mass is 16.6. The minimum atomic E-state index is -0.833. The molecule has 1 heterocycles. The molecule has 1 saturated heterocycles. The Balaban J connectivity index is 0.000000110. The molecule has 0 saturated carbocycles. The van der Waals surface area contributed by atoms with E-state index in [1.165, 1.54) is 11.1 Å². The average Bonchev–Trinajstić information content (AvgIpc) is 3.08. The first kappa shape index (κ1) is 9.21. The Hall–Kier alpha value is -1.35. The molecular weight excluding hydrogens is 180 g/mol. The van der Waals surface area contributed by atoms with Crippen LogP contribution in [0.4, 0.5) is 0 Å². The summed E-state index contributed by atoms with van der Waals surface area (Å²) in [6.45, 7) is 2.19. The molecule has 3 rings (SSSR count). The Kier molecular flexibility index (Phi) is 2.04. The zero-order valence-electron chi connectivity index (χ0n) is 7.99. The van der Waals surface area contributed by atoms with Crippen LogP contribution in [0.25, 0.3) is 11.1 Å². The van der Waals surface area contributed by atoms with Crippen LogP contribution in [0.3, 0.4) is 0 Å². The number of fused-ring (bicyclic) bond motifs is 1. The Morgan fingerprint density at radius 2 is 2.14 bits per heavy atom. The van der Waals surface area contributed by atoms with E-state index < -0.39 is 11.6 Å². The molecule has 3 nitrogen and oxygen atoms in total. The molecule has 0 radical (unpaired) electrons. The number of carbonyl (C=O) groups is 1. The van der Waals surface area contributed by atoms with Crippen LogP contribution in [0.2, 0.25) is 0 Å². The normalized spacial score (nSPS) is 24.6. The first-order chi connectivity index (χ1) is 6.68. The molecule has 1 atom stereocenters. The van der Waals surface area contributed by atoms with Crippen LogP contribution in [-0.2, 0) is 9.53 Å². The quantitative estimate of drug-likeness (QED) is 0.739. The first-order valence-electron chi connectivity index (χ1n) is 4.66. The SMILES string of the molecule is CCC1(C(=O)O)CO1.c1cc2cc-2c1. The zero-order chi connectivity index (χ0) is 10.2. The van der Waals surface area contributed by atoms with Crippen LogP contribution < -0.4 is 0 Å². The highest BCUT2D eigenvalue weighted by Crippen LogP contribution is 2.32. The van der Waals surface area contributed by atoms with Crippen molar-refractivity contribution in [2.24, 2.45) is 0 Å². The lowest BCUT2D eigenvalue weighted by molar-refractivity contribution is -0.143. The van der Waals surface area contributed by atoms with Gasteiger partial charge in [0, 0.05) is 0 Å². The number of epoxide rings is 1. The van der Waals surface area contributed by atoms with Gasteiger partial charge in [-0.1, -0.05) is 25.1 Å². The summed E-state index contributed by atoms with van der Waals surface area (Å²) in [4.78, 5) is 10.2. The van der Waals surface area contributed by atoms with Crippen molar-refractivity contribution in [3.05, 3.63) is 24.3 Å². The van der Waals surface area contributed by atoms with Gasteiger partial charge in [0.25, 0.3) is 0 Å². The number of rotatable bonds is 2. The Labute approximate surface area is 82.3 Å². The number of carboxylic acids is 1. The standard InChI is InChI=1S/C6H4.C5H8O3/c1-2-5-4-6(5)3-1;1-2-5(3-8-5)4(6)7/h1-4H;2-3H2,1H3,(H,6,7). The van der Waals surface area contributed by atoms with Gasteiger partial charge in [-0.05, 0) is 23.6 Å². The summed E-state index contributed by atoms with van der Waals surface area (Å²) in [5.74, 6) is -0.833. The predicted molar refractivity (Wildman–Crippen MR) is 52.0 cm³/mol. The summed E-state index contributed by atoms with van der Waals surface area (Å²) in [5.41, 5.74) is 2.06. The van der Waals surface area contributed by atoms with Gasteiger partial charge in [-0.2, -0.15) is 0 Å². The molecule has 2 aliphatic carbocycles. The van der Waals surface area contributed by atoms with E-state index in [1.807, 2.05) is 0 Å². The highest BCUT2D eigenvalue weighted by molar-refractivity contribution is 5.80. The number of hydrogen-bond donors (Lipinski definition) is 1. The van der Waals surface area contributed by atoms with Gasteiger partial charge in [-0.25, -0.2) is 4.79 Å². The second-order valence-corrected chi connectivity index (χ2v) is 3.52. The third kappa shape index (κ3) is 1.63. The van der Waals surface area contributed by atoms with E-state index in [-0.39, 0.29) is 0 Å². The Morgan fingerprint density at radius 1 is 1.57 bits per heavy atom. The van der Waals surface area contributed by atoms with Crippen LogP contribution in [0.1, 0.15) is 13.3 Å². The van der Waals surface area contributed by atoms with Gasteiger partial charge in [-0.3, -0.25) is 0 Å². The van der Waals surface area contributed by atoms with Gasteiger partial charge in [0.15, 0.2) is 5.60 Å². The van der Waals surface area contributed by atoms with Crippen LogP contribution in [0.15, 0.2) is 24.3 Å². The molecule has 0 spiro atoms. The summed E-state index contributed by atoms with van der Waals surface area (Å²) < 4.78 is 4.71. The second-order valence-electron chi connectivity index (χ2n) is 3.52. The lowest BCUT2D eigenvalue weighted by Crippen LogP contribution is -2.22. The number of benzene rings is 1. The summed E-state index contributed by atoms with van der Waals surface area (Å²) in [7, 11) is 0. The van der Waals surface area contributed by atoms with Crippen molar-refractivity contribution in [1.82, 2.24) is 0 Å². The van der Waals surface area contributed by atoms with Gasteiger partial charge >= 0.3 is 5.97 Å². The van der Waals surface area contributed by atoms with Crippen molar-refractivity contribution >= 4 is 5.97 Å². The molecular formula is C11H12O3. The third-order valence-electron chi connectivity index (χ3n) is 2.57. The van der Waals surface area contributed by atoms with E-state index in [0.29, 0.717) is 13.0 Å². The lowest BCUT2D eigenvalue weighted by Gasteiger charge is -1.97. The smallest absolute Gasteiger partial charge is 0.338 e. The third-order valence-corrected chi connectivity index (χ3v) is 2.57. The van der Waals surface area contributed by atoms with E-state index in [4.69, 9.17) is 9.84 Å². The first-order valence-corrected chi connectivity index (χ1v) is 4.66. The lowest BCUT2D eigenvalue weighted by atomic mass is 10.1. The van der Waals surface area contributed by atoms with Crippen molar-refractivity contribution in [2.75, 3.05) is 6.61 Å². The molecule has 0 aromatic carbocycles. The van der Waals surface area contributed by atoms with Gasteiger partial charge in [0.2, 0.25) is 0 Å². The molecule has 1 aliphatic heterocycles. The maximum Gasteiger partial charge on any atom is 0.338 e. The molecule has 1 fully saturated rings. The fourth-order valence-corrected chi connectivity index (χ4v) is 1.24. The number of aliphatic carboxylic acids is 1. The maximum atomic E-state index is 10.2. The number of hydrogen-bond acceptors (Lipinski definition) is 2. The number of ether oxygens (including phenoxy) is 1. The van der Waals surface area contributed by atoms with Gasteiger partial charge < -0.3 is 9.84 Å². The molecule has 0 amide bonds. The molecule has 3 aliphatic rings. The van der Waals surface area contributed by atoms with E-state index in [1.54, 1.807) is 6.92 Å². The largest absolute Gasteiger partial charge is 0.479 e. The average molecular weight is 192 g/mol. The monoisotopic (exact) mass is 192 g/mol. The van der Waals surface area contributed by atoms with Crippen LogP contribution in [0.5, 0.6) is 0 Å². The van der Waals surface area contributed by atoms with Crippen molar-refractivity contribution in [1.29, 1.82) is 0 Å². The van der Waals surface area contributed by atoms with Crippen molar-refractivity contribution in [3.8, 4) is 11.1 Å². The minimum Gasteiger partial charge on any atom is -0.479 e. The molecule has 14 heavy (non-hydrogen) atoms. The summed E-state index contributed by atoms with van der Waals surface area (Å²) in [6, 6.07) is 8.48. The topological polar surface area (TPSA) is 49.8 Å². The summed E-state index contributed by atoms with van der Waals surface area (Å²) in [6.07, 6.45) is 0.572. The van der Waals surface area contributed by atoms with Crippen LogP contribution in [-0.4, -0.2) is 23.3 Å². The van der Waals surface area contributed by atoms with E-state index in [0.717, 1.165) is 0 Å². The van der Waals surface area contributed by atoms with Gasteiger partial charge in [0.05, 0.1) is 6.61 Å². The van der Waals surface area contributed by atoms with Crippen molar-refractivity contribution < 1.29 is 14.6 Å². The predicted octanol–water partition coefficient (Wildman–Crippen LogP) is 1.92. The van der Waals surface area contributed by atoms with Gasteiger partial charge in [0.1, 0.15) is 0 Å². The second kappa shape index (κ2) is 3.10. The Morgan fingerprint density at radius 3 is 2.21 bits per heavy atom. The molecule has 0 aromatic heterocycles. The van der Waals surface area contributed by atoms with E-state index in [2.05, 4.69) is 24.3 Å². The molecule has 3 heteroatoms. The summed E-state index contributed by atoms with van der Waals surface area (Å²) >= 11 is 0. The highest BCUT2D eigenvalue weighted by Gasteiger charge is 2.50. The zero-order valence-corrected chi connectivity index (χ0v) is 7.99. The number of carboxylic acid groups (broad SMARTS) is 1. The molecule has 1 unspecified atom stereocenters. The van der Waals surface area contributed by atoms with Crippen molar-refractivity contribution in [2.45, 2.75) is 18.9 Å². The molecule has 0 bridgehead atoms. The summed E-state index contributed by atoms with van der Waals surface area (Å²) in [5, 5.41) is 8.38. The molecule has 1 N–H and O–H groups in total. The van der Waals surface area contributed by atoms with Crippen molar-refractivity contribution in [3.63, 3.8) is 0 Å². The Bertz CT molecular complexity index is 349. The van der Waals surface area contributed by atoms with Crippen LogP contribution >= 0.6 is 0 Å². The minimum absolute atomic E-state index is 0.388. The van der Waals surface area contributed by atoms with Gasteiger partial charge in [-0.15, -0.1) is 0 Å². The van der Waals surface area contributed by atoms with E-state index >= 15 is 0 Å². The molecule has 74 valence electrons. The fraction of sp³-hybridized carbons (Fsp3) is 0.364. The van der Waals surface area contributed by atoms with Crippen LogP contribution in [0, 0.1) is 0 Å². The fourth-order valence-electron chi connectivity index (χ4n) is 1.24.